The number of carbonyl (C=O) groups is 3. The van der Waals surface area contributed by atoms with Crippen molar-refractivity contribution in [2.45, 2.75) is 6.18 Å². The van der Waals surface area contributed by atoms with E-state index in [0.717, 1.165) is 29.2 Å². The van der Waals surface area contributed by atoms with Crippen molar-refractivity contribution in [3.8, 4) is 0 Å². The van der Waals surface area contributed by atoms with Gasteiger partial charge in [0.25, 0.3) is 11.8 Å². The molecule has 2 aromatic carbocycles. The number of imide groups is 2. The van der Waals surface area contributed by atoms with Gasteiger partial charge in [-0.15, -0.1) is 0 Å². The van der Waals surface area contributed by atoms with Crippen molar-refractivity contribution in [3.63, 3.8) is 0 Å². The van der Waals surface area contributed by atoms with E-state index >= 15 is 0 Å². The fraction of sp³-hybridized carbons (Fsp3) is 0.0556. The van der Waals surface area contributed by atoms with Crippen LogP contribution >= 0.6 is 15.9 Å². The fourth-order valence-electron chi connectivity index (χ4n) is 2.45. The lowest BCUT2D eigenvalue weighted by molar-refractivity contribution is -0.137. The van der Waals surface area contributed by atoms with Gasteiger partial charge >= 0.3 is 12.2 Å². The molecule has 1 heterocycles. The van der Waals surface area contributed by atoms with Crippen molar-refractivity contribution >= 4 is 45.5 Å². The van der Waals surface area contributed by atoms with Crippen molar-refractivity contribution in [2.75, 3.05) is 4.90 Å². The van der Waals surface area contributed by atoms with Crippen LogP contribution in [0.3, 0.4) is 0 Å². The Morgan fingerprint density at radius 3 is 2.30 bits per heavy atom. The van der Waals surface area contributed by atoms with Crippen LogP contribution in [0.15, 0.2) is 58.6 Å². The number of urea groups is 1. The topological polar surface area (TPSA) is 66.5 Å². The zero-order valence-electron chi connectivity index (χ0n) is 13.4. The summed E-state index contributed by atoms with van der Waals surface area (Å²) in [5.41, 5.74) is -1.14. The van der Waals surface area contributed by atoms with Crippen molar-refractivity contribution in [1.29, 1.82) is 0 Å². The first kappa shape index (κ1) is 18.8. The molecule has 4 amide bonds. The third-order valence-electron chi connectivity index (χ3n) is 3.71. The molecule has 9 heteroatoms. The van der Waals surface area contributed by atoms with Gasteiger partial charge in [0, 0.05) is 4.47 Å². The van der Waals surface area contributed by atoms with E-state index in [9.17, 15) is 27.6 Å². The summed E-state index contributed by atoms with van der Waals surface area (Å²) in [4.78, 5) is 37.5. The SMILES string of the molecule is O=C1NC(=O)N(c2ccc(Br)cc2)C(=O)C1=Cc1cccc(C(F)(F)F)c1. The van der Waals surface area contributed by atoms with Crippen LogP contribution in [-0.2, 0) is 15.8 Å². The lowest BCUT2D eigenvalue weighted by Crippen LogP contribution is -2.54. The predicted molar refractivity (Wildman–Crippen MR) is 94.6 cm³/mol. The third kappa shape index (κ3) is 3.92. The molecule has 1 N–H and O–H groups in total. The van der Waals surface area contributed by atoms with Gasteiger partial charge in [0.2, 0.25) is 0 Å². The van der Waals surface area contributed by atoms with Gasteiger partial charge in [0.1, 0.15) is 5.57 Å². The average molecular weight is 439 g/mol. The molecule has 1 fully saturated rings. The van der Waals surface area contributed by atoms with E-state index in [1.807, 2.05) is 5.32 Å². The molecule has 0 aromatic heterocycles. The lowest BCUT2D eigenvalue weighted by atomic mass is 10.0. The number of hydrogen-bond acceptors (Lipinski definition) is 3. The summed E-state index contributed by atoms with van der Waals surface area (Å²) in [7, 11) is 0. The molecule has 138 valence electrons. The number of anilines is 1. The Bertz CT molecular complexity index is 969. The fourth-order valence-corrected chi connectivity index (χ4v) is 2.72. The van der Waals surface area contributed by atoms with Crippen LogP contribution in [0.1, 0.15) is 11.1 Å². The van der Waals surface area contributed by atoms with Gasteiger partial charge in [-0.1, -0.05) is 28.1 Å². The van der Waals surface area contributed by atoms with E-state index in [4.69, 9.17) is 0 Å². The smallest absolute Gasteiger partial charge is 0.273 e. The maximum atomic E-state index is 12.8. The zero-order valence-corrected chi connectivity index (χ0v) is 15.0. The molecular weight excluding hydrogens is 429 g/mol. The van der Waals surface area contributed by atoms with Crippen LogP contribution in [0.4, 0.5) is 23.7 Å². The number of halogens is 4. The number of benzene rings is 2. The monoisotopic (exact) mass is 438 g/mol. The minimum Gasteiger partial charge on any atom is -0.273 e. The van der Waals surface area contributed by atoms with Crippen molar-refractivity contribution in [1.82, 2.24) is 5.32 Å². The van der Waals surface area contributed by atoms with Gasteiger partial charge < -0.3 is 0 Å². The van der Waals surface area contributed by atoms with Crippen molar-refractivity contribution in [3.05, 3.63) is 69.7 Å². The zero-order chi connectivity index (χ0) is 19.8. The second kappa shape index (κ2) is 6.99. The molecule has 0 spiro atoms. The maximum Gasteiger partial charge on any atom is 0.416 e. The number of barbiturate groups is 1. The van der Waals surface area contributed by atoms with Gasteiger partial charge in [-0.05, 0) is 48.0 Å². The second-order valence-corrected chi connectivity index (χ2v) is 6.47. The van der Waals surface area contributed by atoms with Crippen LogP contribution in [0.2, 0.25) is 0 Å². The van der Waals surface area contributed by atoms with Gasteiger partial charge in [-0.25, -0.2) is 9.69 Å². The van der Waals surface area contributed by atoms with Gasteiger partial charge in [-0.2, -0.15) is 13.2 Å². The summed E-state index contributed by atoms with van der Waals surface area (Å²) < 4.78 is 39.2. The van der Waals surface area contributed by atoms with Crippen LogP contribution in [0.5, 0.6) is 0 Å². The summed E-state index contributed by atoms with van der Waals surface area (Å²) >= 11 is 3.23. The summed E-state index contributed by atoms with van der Waals surface area (Å²) in [6.07, 6.45) is -3.54. The third-order valence-corrected chi connectivity index (χ3v) is 4.24. The quantitative estimate of drug-likeness (QED) is 0.566. The molecule has 0 unspecified atom stereocenters. The summed E-state index contributed by atoms with van der Waals surface area (Å²) in [5, 5.41) is 2.01. The molecule has 0 radical (unpaired) electrons. The lowest BCUT2D eigenvalue weighted by Gasteiger charge is -2.26. The van der Waals surface area contributed by atoms with Crippen LogP contribution in [0.25, 0.3) is 6.08 Å². The molecule has 0 atom stereocenters. The second-order valence-electron chi connectivity index (χ2n) is 5.56. The number of amides is 4. The van der Waals surface area contributed by atoms with Gasteiger partial charge in [0.05, 0.1) is 11.3 Å². The summed E-state index contributed by atoms with van der Waals surface area (Å²) in [6.45, 7) is 0. The average Bonchev–Trinajstić information content (AvgIpc) is 2.60. The molecule has 5 nitrogen and oxygen atoms in total. The number of alkyl halides is 3. The molecular formula is C18H10BrF3N2O3. The molecule has 2 aromatic rings. The van der Waals surface area contributed by atoms with E-state index < -0.39 is 35.2 Å². The Morgan fingerprint density at radius 1 is 1.00 bits per heavy atom. The first-order valence-corrected chi connectivity index (χ1v) is 8.30. The normalized spacial score (nSPS) is 16.7. The van der Waals surface area contributed by atoms with E-state index in [1.54, 1.807) is 12.1 Å². The Labute approximate surface area is 159 Å². The highest BCUT2D eigenvalue weighted by molar-refractivity contribution is 9.10. The maximum absolute atomic E-state index is 12.8. The molecule has 0 bridgehead atoms. The summed E-state index contributed by atoms with van der Waals surface area (Å²) in [6, 6.07) is 9.41. The Hall–Kier alpha value is -2.94. The Balaban J connectivity index is 2.01. The number of rotatable bonds is 2. The minimum absolute atomic E-state index is 0.00781. The van der Waals surface area contributed by atoms with Crippen molar-refractivity contribution < 1.29 is 27.6 Å². The Kier molecular flexibility index (Phi) is 4.88. The van der Waals surface area contributed by atoms with E-state index in [0.29, 0.717) is 4.47 Å². The number of carbonyl (C=O) groups excluding carboxylic acids is 3. The van der Waals surface area contributed by atoms with E-state index in [-0.39, 0.29) is 11.3 Å². The first-order valence-electron chi connectivity index (χ1n) is 7.51. The highest BCUT2D eigenvalue weighted by atomic mass is 79.9. The highest BCUT2D eigenvalue weighted by Gasteiger charge is 2.37. The highest BCUT2D eigenvalue weighted by Crippen LogP contribution is 2.30. The van der Waals surface area contributed by atoms with Crippen LogP contribution in [0, 0.1) is 0 Å². The molecule has 3 rings (SSSR count). The number of nitrogens with one attached hydrogen (secondary N) is 1. The van der Waals surface area contributed by atoms with Crippen molar-refractivity contribution in [2.24, 2.45) is 0 Å². The first-order chi connectivity index (χ1) is 12.7. The molecule has 1 aliphatic heterocycles. The Morgan fingerprint density at radius 2 is 1.67 bits per heavy atom. The molecule has 1 aliphatic rings. The largest absolute Gasteiger partial charge is 0.416 e. The molecule has 27 heavy (non-hydrogen) atoms. The molecule has 0 aliphatic carbocycles. The van der Waals surface area contributed by atoms with Gasteiger partial charge in [-0.3, -0.25) is 14.9 Å². The number of hydrogen-bond donors (Lipinski definition) is 1. The van der Waals surface area contributed by atoms with Gasteiger partial charge in [0.15, 0.2) is 0 Å². The standard InChI is InChI=1S/C18H10BrF3N2O3/c19-12-4-6-13(7-5-12)24-16(26)14(15(25)23-17(24)27)9-10-2-1-3-11(8-10)18(20,21)22/h1-9H,(H,23,25,27). The van der Waals surface area contributed by atoms with Crippen LogP contribution < -0.4 is 10.2 Å². The summed E-state index contributed by atoms with van der Waals surface area (Å²) in [5.74, 6) is -1.90. The van der Waals surface area contributed by atoms with E-state index in [1.165, 1.54) is 18.2 Å². The number of nitrogens with zero attached hydrogens (tertiary/aromatic N) is 1. The van der Waals surface area contributed by atoms with E-state index in [2.05, 4.69) is 15.9 Å². The molecule has 1 saturated heterocycles. The molecule has 0 saturated carbocycles. The van der Waals surface area contributed by atoms with Crippen LogP contribution in [-0.4, -0.2) is 17.8 Å². The predicted octanol–water partition coefficient (Wildman–Crippen LogP) is 4.13. The minimum atomic E-state index is -4.56.